The Labute approximate surface area is 205 Å². The van der Waals surface area contributed by atoms with Crippen molar-refractivity contribution in [1.82, 2.24) is 19.6 Å². The number of amides is 2. The van der Waals surface area contributed by atoms with E-state index in [0.29, 0.717) is 0 Å². The molecule has 0 unspecified atom stereocenters. The number of nitriles is 1. The zero-order valence-corrected chi connectivity index (χ0v) is 19.2. The highest BCUT2D eigenvalue weighted by molar-refractivity contribution is 6.33. The Morgan fingerprint density at radius 1 is 1.34 bits per heavy atom. The zero-order chi connectivity index (χ0) is 25.5. The summed E-state index contributed by atoms with van der Waals surface area (Å²) in [5.41, 5.74) is 2.58. The fourth-order valence-corrected chi connectivity index (χ4v) is 3.95. The molecular formula is C20H14Cl2F3N9O. The standard InChI is InChI=1S/C20H14Cl2F3N9O/c1-19(20(23,24)25)9-33(13-8-28-15-5-14(22)32-34(15)16(13)19)18(35)31-11-4-12(21)17(29-7-11)30-10(6-27)2-3-26/h2-5,7-8H,9,26H2,1H3,(H,31,35)/b3-2-,30-10-/t19-/m1/s1. The maximum absolute atomic E-state index is 14.2. The van der Waals surface area contributed by atoms with E-state index in [1.165, 1.54) is 24.4 Å². The van der Waals surface area contributed by atoms with Crippen molar-refractivity contribution < 1.29 is 18.0 Å². The van der Waals surface area contributed by atoms with Crippen molar-refractivity contribution in [1.29, 1.82) is 5.26 Å². The molecular weight excluding hydrogens is 510 g/mol. The first kappa shape index (κ1) is 24.2. The number of anilines is 2. The summed E-state index contributed by atoms with van der Waals surface area (Å²) < 4.78 is 43.5. The highest BCUT2D eigenvalue weighted by atomic mass is 35.5. The molecule has 3 aromatic rings. The van der Waals surface area contributed by atoms with Gasteiger partial charge in [-0.15, -0.1) is 0 Å². The summed E-state index contributed by atoms with van der Waals surface area (Å²) in [6.07, 6.45) is 0.000440. The number of nitrogens with zero attached hydrogens (tertiary/aromatic N) is 7. The second-order valence-electron chi connectivity index (χ2n) is 7.57. The first-order valence-corrected chi connectivity index (χ1v) is 10.5. The normalized spacial score (nSPS) is 18.2. The van der Waals surface area contributed by atoms with Gasteiger partial charge in [-0.3, -0.25) is 4.90 Å². The van der Waals surface area contributed by atoms with Crippen molar-refractivity contribution in [3.8, 4) is 6.07 Å². The number of carbonyl (C=O) groups is 1. The average Bonchev–Trinajstić information content (AvgIpc) is 3.32. The predicted molar refractivity (Wildman–Crippen MR) is 123 cm³/mol. The van der Waals surface area contributed by atoms with Crippen LogP contribution in [0.15, 0.2) is 41.8 Å². The van der Waals surface area contributed by atoms with Crippen molar-refractivity contribution in [2.45, 2.75) is 18.5 Å². The number of allylic oxidation sites excluding steroid dienone is 1. The number of alkyl halides is 3. The number of fused-ring (bicyclic) bond motifs is 3. The van der Waals surface area contributed by atoms with E-state index in [9.17, 15) is 18.0 Å². The molecule has 0 aromatic carbocycles. The van der Waals surface area contributed by atoms with Gasteiger partial charge in [-0.2, -0.15) is 23.5 Å². The van der Waals surface area contributed by atoms with E-state index in [2.05, 4.69) is 25.4 Å². The number of nitrogens with two attached hydrogens (primary N) is 1. The number of aromatic nitrogens is 4. The number of halogens is 5. The van der Waals surface area contributed by atoms with Crippen LogP contribution in [0.4, 0.5) is 35.2 Å². The van der Waals surface area contributed by atoms with E-state index >= 15 is 0 Å². The van der Waals surface area contributed by atoms with Crippen molar-refractivity contribution >= 4 is 57.8 Å². The molecule has 0 fully saturated rings. The van der Waals surface area contributed by atoms with Gasteiger partial charge in [-0.05, 0) is 25.3 Å². The van der Waals surface area contributed by atoms with Crippen LogP contribution in [0.3, 0.4) is 0 Å². The quantitative estimate of drug-likeness (QED) is 0.488. The predicted octanol–water partition coefficient (Wildman–Crippen LogP) is 4.37. The van der Waals surface area contributed by atoms with Gasteiger partial charge in [0.05, 0.1) is 34.5 Å². The Hall–Kier alpha value is -3.89. The molecule has 3 aromatic heterocycles. The van der Waals surface area contributed by atoms with E-state index in [-0.39, 0.29) is 44.4 Å². The van der Waals surface area contributed by atoms with Crippen LogP contribution in [0.5, 0.6) is 0 Å². The summed E-state index contributed by atoms with van der Waals surface area (Å²) in [6.45, 7) is 0.248. The fraction of sp³-hybridized carbons (Fsp3) is 0.200. The lowest BCUT2D eigenvalue weighted by molar-refractivity contribution is -0.181. The molecule has 0 spiro atoms. The van der Waals surface area contributed by atoms with Gasteiger partial charge in [0.1, 0.15) is 17.2 Å². The van der Waals surface area contributed by atoms with Crippen LogP contribution in [0.1, 0.15) is 12.6 Å². The van der Waals surface area contributed by atoms with E-state index < -0.39 is 24.2 Å². The average molecular weight is 524 g/mol. The lowest BCUT2D eigenvalue weighted by Crippen LogP contribution is -2.46. The molecule has 0 aliphatic carbocycles. The Morgan fingerprint density at radius 3 is 2.71 bits per heavy atom. The third kappa shape index (κ3) is 4.22. The lowest BCUT2D eigenvalue weighted by Gasteiger charge is -2.28. The number of pyridine rings is 1. The van der Waals surface area contributed by atoms with Gasteiger partial charge in [-0.25, -0.2) is 24.3 Å². The Morgan fingerprint density at radius 2 is 2.09 bits per heavy atom. The highest BCUT2D eigenvalue weighted by Crippen LogP contribution is 2.50. The molecule has 10 nitrogen and oxygen atoms in total. The van der Waals surface area contributed by atoms with Gasteiger partial charge in [0, 0.05) is 12.6 Å². The van der Waals surface area contributed by atoms with Crippen LogP contribution in [0.2, 0.25) is 10.2 Å². The first-order chi connectivity index (χ1) is 16.5. The molecule has 1 atom stereocenters. The lowest BCUT2D eigenvalue weighted by atomic mass is 9.88. The fourth-order valence-electron chi connectivity index (χ4n) is 3.57. The second-order valence-corrected chi connectivity index (χ2v) is 8.37. The number of hydrogen-bond acceptors (Lipinski definition) is 7. The smallest absolute Gasteiger partial charge is 0.401 e. The van der Waals surface area contributed by atoms with Crippen molar-refractivity contribution in [3.05, 3.63) is 52.7 Å². The van der Waals surface area contributed by atoms with Crippen molar-refractivity contribution in [3.63, 3.8) is 0 Å². The van der Waals surface area contributed by atoms with Crippen LogP contribution >= 0.6 is 23.2 Å². The maximum atomic E-state index is 14.2. The monoisotopic (exact) mass is 523 g/mol. The first-order valence-electron chi connectivity index (χ1n) is 9.71. The largest absolute Gasteiger partial charge is 0.405 e. The molecule has 15 heteroatoms. The molecule has 2 amide bonds. The minimum absolute atomic E-state index is 0.0161. The topological polar surface area (TPSA) is 138 Å². The SMILES string of the molecule is C[C@@]1(C(F)(F)F)CN(C(=O)Nc2cnc(/N=C(C#N)/C=C\N)c(Cl)c2)c2cnc3cc(Cl)nn3c21. The van der Waals surface area contributed by atoms with Crippen molar-refractivity contribution in [2.24, 2.45) is 10.7 Å². The number of rotatable bonds is 3. The van der Waals surface area contributed by atoms with Gasteiger partial charge in [0.15, 0.2) is 16.6 Å². The van der Waals surface area contributed by atoms with Crippen LogP contribution in [0, 0.1) is 11.3 Å². The molecule has 1 aliphatic rings. The number of aliphatic imine (C=N–C) groups is 1. The van der Waals surface area contributed by atoms with Crippen LogP contribution in [-0.2, 0) is 5.41 Å². The Kier molecular flexibility index (Phi) is 6.04. The maximum Gasteiger partial charge on any atom is 0.401 e. The highest BCUT2D eigenvalue weighted by Gasteiger charge is 2.60. The van der Waals surface area contributed by atoms with E-state index in [1.807, 2.05) is 0 Å². The molecule has 35 heavy (non-hydrogen) atoms. The van der Waals surface area contributed by atoms with Gasteiger partial charge < -0.3 is 11.1 Å². The third-order valence-electron chi connectivity index (χ3n) is 5.26. The summed E-state index contributed by atoms with van der Waals surface area (Å²) in [4.78, 5) is 25.9. The van der Waals surface area contributed by atoms with E-state index in [1.54, 1.807) is 6.07 Å². The van der Waals surface area contributed by atoms with Gasteiger partial charge in [0.2, 0.25) is 0 Å². The molecule has 4 rings (SSSR count). The molecule has 3 N–H and O–H groups in total. The number of carbonyl (C=O) groups excluding carboxylic acids is 1. The van der Waals surface area contributed by atoms with Crippen molar-refractivity contribution in [2.75, 3.05) is 16.8 Å². The summed E-state index contributed by atoms with van der Waals surface area (Å²) in [6, 6.07) is 3.54. The molecule has 0 saturated carbocycles. The molecule has 0 saturated heterocycles. The summed E-state index contributed by atoms with van der Waals surface area (Å²) in [7, 11) is 0. The minimum atomic E-state index is -4.72. The Bertz CT molecular complexity index is 1440. The van der Waals surface area contributed by atoms with Gasteiger partial charge >= 0.3 is 12.2 Å². The van der Waals surface area contributed by atoms with E-state index in [0.717, 1.165) is 28.7 Å². The molecule has 1 aliphatic heterocycles. The molecule has 180 valence electrons. The number of urea groups is 1. The third-order valence-corrected chi connectivity index (χ3v) is 5.72. The summed E-state index contributed by atoms with van der Waals surface area (Å²) >= 11 is 12.0. The van der Waals surface area contributed by atoms with Crippen LogP contribution in [-0.4, -0.2) is 44.0 Å². The minimum Gasteiger partial charge on any atom is -0.405 e. The second kappa shape index (κ2) is 8.71. The van der Waals surface area contributed by atoms with E-state index in [4.69, 9.17) is 34.2 Å². The molecule has 0 radical (unpaired) electrons. The summed E-state index contributed by atoms with van der Waals surface area (Å²) in [5.74, 6) is -0.0161. The van der Waals surface area contributed by atoms with Gasteiger partial charge in [0.25, 0.3) is 0 Å². The molecule has 0 bridgehead atoms. The number of hydrogen-bond donors (Lipinski definition) is 2. The zero-order valence-electron chi connectivity index (χ0n) is 17.7. The summed E-state index contributed by atoms with van der Waals surface area (Å²) in [5, 5.41) is 15.4. The van der Waals surface area contributed by atoms with Crippen LogP contribution in [0.25, 0.3) is 5.65 Å². The molecule has 4 heterocycles. The van der Waals surface area contributed by atoms with Gasteiger partial charge in [-0.1, -0.05) is 23.2 Å². The van der Waals surface area contributed by atoms with Crippen LogP contribution < -0.4 is 16.0 Å². The Balaban J connectivity index is 1.68. The number of nitrogens with one attached hydrogen (secondary N) is 1.